The number of carbonyl (C=O) groups excluding carboxylic acids is 1. The van der Waals surface area contributed by atoms with Gasteiger partial charge in [0.2, 0.25) is 0 Å². The Morgan fingerprint density at radius 1 is 0.964 bits per heavy atom. The molecule has 1 amide bonds. The first-order valence-corrected chi connectivity index (χ1v) is 10.6. The van der Waals surface area contributed by atoms with Crippen molar-refractivity contribution in [1.82, 2.24) is 9.88 Å². The van der Waals surface area contributed by atoms with E-state index in [9.17, 15) is 4.79 Å². The predicted molar refractivity (Wildman–Crippen MR) is 114 cm³/mol. The molecule has 0 spiro atoms. The van der Waals surface area contributed by atoms with Crippen LogP contribution in [-0.4, -0.2) is 54.6 Å². The van der Waals surface area contributed by atoms with Crippen LogP contribution >= 0.6 is 0 Å². The monoisotopic (exact) mass is 378 g/mol. The third kappa shape index (κ3) is 3.98. The van der Waals surface area contributed by atoms with Gasteiger partial charge < -0.3 is 14.7 Å². The predicted octanol–water partition coefficient (Wildman–Crippen LogP) is 3.81. The third-order valence-electron chi connectivity index (χ3n) is 6.09. The zero-order valence-corrected chi connectivity index (χ0v) is 16.8. The second kappa shape index (κ2) is 8.63. The van der Waals surface area contributed by atoms with Crippen molar-refractivity contribution in [3.05, 3.63) is 54.4 Å². The quantitative estimate of drug-likeness (QED) is 0.811. The van der Waals surface area contributed by atoms with Crippen molar-refractivity contribution >= 4 is 17.3 Å². The van der Waals surface area contributed by atoms with Crippen LogP contribution < -0.4 is 9.80 Å². The highest BCUT2D eigenvalue weighted by Crippen LogP contribution is 2.26. The highest BCUT2D eigenvalue weighted by molar-refractivity contribution is 5.92. The Balaban J connectivity index is 1.37. The summed E-state index contributed by atoms with van der Waals surface area (Å²) in [4.78, 5) is 24.1. The minimum atomic E-state index is 0.0462. The van der Waals surface area contributed by atoms with E-state index >= 15 is 0 Å². The maximum absolute atomic E-state index is 12.9. The largest absolute Gasteiger partial charge is 0.368 e. The van der Waals surface area contributed by atoms with Crippen molar-refractivity contribution in [3.63, 3.8) is 0 Å². The number of pyridine rings is 1. The fourth-order valence-electron chi connectivity index (χ4n) is 4.42. The van der Waals surface area contributed by atoms with E-state index in [2.05, 4.69) is 52.0 Å². The fraction of sp³-hybridized carbons (Fsp3) is 0.478. The molecule has 0 aliphatic carbocycles. The molecule has 0 saturated carbocycles. The minimum Gasteiger partial charge on any atom is -0.368 e. The van der Waals surface area contributed by atoms with E-state index in [0.29, 0.717) is 11.7 Å². The number of para-hydroxylation sites is 1. The zero-order chi connectivity index (χ0) is 19.3. The summed E-state index contributed by atoms with van der Waals surface area (Å²) >= 11 is 0. The van der Waals surface area contributed by atoms with Gasteiger partial charge in [-0.05, 0) is 49.9 Å². The molecular formula is C23H30N4O. The first-order valence-electron chi connectivity index (χ1n) is 10.6. The van der Waals surface area contributed by atoms with Gasteiger partial charge in [0, 0.05) is 44.5 Å². The van der Waals surface area contributed by atoms with E-state index < -0.39 is 0 Å². The fourth-order valence-corrected chi connectivity index (χ4v) is 4.42. The summed E-state index contributed by atoms with van der Waals surface area (Å²) in [6.45, 7) is 6.54. The van der Waals surface area contributed by atoms with Crippen molar-refractivity contribution < 1.29 is 4.79 Å². The first kappa shape index (κ1) is 18.8. The van der Waals surface area contributed by atoms with E-state index in [1.165, 1.54) is 24.9 Å². The molecule has 2 fully saturated rings. The lowest BCUT2D eigenvalue weighted by Crippen LogP contribution is -2.49. The Kier molecular flexibility index (Phi) is 5.79. The van der Waals surface area contributed by atoms with Crippen LogP contribution in [0.4, 0.5) is 11.4 Å². The molecule has 1 aromatic carbocycles. The Bertz CT molecular complexity index is 769. The lowest BCUT2D eigenvalue weighted by Gasteiger charge is -2.37. The third-order valence-corrected chi connectivity index (χ3v) is 6.09. The highest BCUT2D eigenvalue weighted by Gasteiger charge is 2.24. The molecule has 2 aliphatic rings. The van der Waals surface area contributed by atoms with Gasteiger partial charge in [0.05, 0.1) is 11.9 Å². The summed E-state index contributed by atoms with van der Waals surface area (Å²) in [5, 5.41) is 0. The van der Waals surface area contributed by atoms with Gasteiger partial charge in [-0.25, -0.2) is 4.98 Å². The van der Waals surface area contributed by atoms with Gasteiger partial charge in [-0.1, -0.05) is 25.1 Å². The van der Waals surface area contributed by atoms with E-state index in [1.807, 2.05) is 23.2 Å². The molecule has 2 aliphatic heterocycles. The molecule has 4 rings (SSSR count). The van der Waals surface area contributed by atoms with Gasteiger partial charge in [-0.15, -0.1) is 0 Å². The molecule has 2 saturated heterocycles. The number of anilines is 2. The molecule has 1 atom stereocenters. The maximum atomic E-state index is 12.9. The molecule has 0 bridgehead atoms. The number of amides is 1. The highest BCUT2D eigenvalue weighted by atomic mass is 16.2. The number of piperazine rings is 1. The number of benzene rings is 1. The van der Waals surface area contributed by atoms with Crippen LogP contribution in [0.25, 0.3) is 0 Å². The Morgan fingerprint density at radius 2 is 1.75 bits per heavy atom. The molecule has 28 heavy (non-hydrogen) atoms. The van der Waals surface area contributed by atoms with Crippen LogP contribution in [-0.2, 0) is 0 Å². The summed E-state index contributed by atoms with van der Waals surface area (Å²) in [6, 6.07) is 15.0. The van der Waals surface area contributed by atoms with E-state index in [0.717, 1.165) is 44.8 Å². The van der Waals surface area contributed by atoms with Crippen LogP contribution in [0.5, 0.6) is 0 Å². The summed E-state index contributed by atoms with van der Waals surface area (Å²) in [5.74, 6) is 0.0462. The molecule has 0 radical (unpaired) electrons. The normalized spacial score (nSPS) is 20.3. The molecule has 0 N–H and O–H groups in total. The average molecular weight is 379 g/mol. The van der Waals surface area contributed by atoms with Crippen molar-refractivity contribution in [2.75, 3.05) is 42.5 Å². The number of rotatable bonds is 4. The SMILES string of the molecule is CCC1CCCCN1c1ccc(C(=O)N2CCN(c3ccccc3)CC2)nc1. The standard InChI is InChI=1S/C23H30N4O/c1-2-19-8-6-7-13-27(19)21-11-12-22(24-18-21)23(28)26-16-14-25(15-17-26)20-9-4-3-5-10-20/h3-5,9-12,18-19H,2,6-8,13-17H2,1H3. The van der Waals surface area contributed by atoms with E-state index in [1.54, 1.807) is 0 Å². The van der Waals surface area contributed by atoms with Crippen molar-refractivity contribution in [2.45, 2.75) is 38.6 Å². The number of hydrogen-bond acceptors (Lipinski definition) is 4. The molecule has 3 heterocycles. The van der Waals surface area contributed by atoms with Crippen LogP contribution in [0.2, 0.25) is 0 Å². The number of aromatic nitrogens is 1. The van der Waals surface area contributed by atoms with Crippen molar-refractivity contribution in [3.8, 4) is 0 Å². The van der Waals surface area contributed by atoms with Gasteiger partial charge in [0.25, 0.3) is 5.91 Å². The van der Waals surface area contributed by atoms with Gasteiger partial charge >= 0.3 is 0 Å². The van der Waals surface area contributed by atoms with Crippen molar-refractivity contribution in [2.24, 2.45) is 0 Å². The lowest BCUT2D eigenvalue weighted by molar-refractivity contribution is 0.0741. The van der Waals surface area contributed by atoms with Gasteiger partial charge in [-0.3, -0.25) is 4.79 Å². The Morgan fingerprint density at radius 3 is 2.43 bits per heavy atom. The minimum absolute atomic E-state index is 0.0462. The maximum Gasteiger partial charge on any atom is 0.272 e. The summed E-state index contributed by atoms with van der Waals surface area (Å²) in [7, 11) is 0. The summed E-state index contributed by atoms with van der Waals surface area (Å²) in [5.41, 5.74) is 2.93. The molecule has 1 aromatic heterocycles. The first-order chi connectivity index (χ1) is 13.8. The van der Waals surface area contributed by atoms with Gasteiger partial charge in [-0.2, -0.15) is 0 Å². The van der Waals surface area contributed by atoms with Crippen molar-refractivity contribution in [1.29, 1.82) is 0 Å². The molecule has 5 heteroatoms. The van der Waals surface area contributed by atoms with Crippen LogP contribution in [0.15, 0.2) is 48.7 Å². The summed E-state index contributed by atoms with van der Waals surface area (Å²) < 4.78 is 0. The topological polar surface area (TPSA) is 39.7 Å². The molecule has 5 nitrogen and oxygen atoms in total. The van der Waals surface area contributed by atoms with Gasteiger partial charge in [0.1, 0.15) is 5.69 Å². The molecule has 2 aromatic rings. The number of hydrogen-bond donors (Lipinski definition) is 0. The second-order valence-electron chi connectivity index (χ2n) is 7.77. The van der Waals surface area contributed by atoms with E-state index in [4.69, 9.17) is 0 Å². The molecule has 1 unspecified atom stereocenters. The van der Waals surface area contributed by atoms with Crippen LogP contribution in [0, 0.1) is 0 Å². The lowest BCUT2D eigenvalue weighted by atomic mass is 9.99. The zero-order valence-electron chi connectivity index (χ0n) is 16.8. The van der Waals surface area contributed by atoms with Crippen LogP contribution in [0.3, 0.4) is 0 Å². The second-order valence-corrected chi connectivity index (χ2v) is 7.77. The van der Waals surface area contributed by atoms with E-state index in [-0.39, 0.29) is 5.91 Å². The Hall–Kier alpha value is -2.56. The van der Waals surface area contributed by atoms with Gasteiger partial charge in [0.15, 0.2) is 0 Å². The Labute approximate surface area is 168 Å². The number of nitrogens with zero attached hydrogens (tertiary/aromatic N) is 4. The van der Waals surface area contributed by atoms with Crippen LogP contribution in [0.1, 0.15) is 43.1 Å². The average Bonchev–Trinajstić information content (AvgIpc) is 2.79. The molecular weight excluding hydrogens is 348 g/mol. The number of carbonyl (C=O) groups is 1. The number of piperidine rings is 1. The smallest absolute Gasteiger partial charge is 0.272 e. The molecule has 148 valence electrons. The summed E-state index contributed by atoms with van der Waals surface area (Å²) in [6.07, 6.45) is 6.85.